The van der Waals surface area contributed by atoms with Gasteiger partial charge in [-0.25, -0.2) is 9.18 Å². The van der Waals surface area contributed by atoms with Crippen molar-refractivity contribution in [1.29, 1.82) is 0 Å². The molecule has 59 heavy (non-hydrogen) atoms. The number of anilines is 1. The number of ether oxygens (including phenoxy) is 3. The number of methoxy groups -OCH3 is 2. The van der Waals surface area contributed by atoms with E-state index in [9.17, 15) is 9.90 Å². The predicted octanol–water partition coefficient (Wildman–Crippen LogP) is 8.99. The van der Waals surface area contributed by atoms with Gasteiger partial charge in [-0.1, -0.05) is 146 Å². The summed E-state index contributed by atoms with van der Waals surface area (Å²) >= 11 is 1.16. The van der Waals surface area contributed by atoms with Crippen LogP contribution in [0.1, 0.15) is 38.8 Å². The molecule has 1 saturated heterocycles. The molecule has 4 atom stereocenters. The number of benzene rings is 6. The first-order valence-corrected chi connectivity index (χ1v) is 20.3. The van der Waals surface area contributed by atoms with Gasteiger partial charge in [0.25, 0.3) is 0 Å². The van der Waals surface area contributed by atoms with E-state index in [0.29, 0.717) is 17.3 Å². The summed E-state index contributed by atoms with van der Waals surface area (Å²) in [5.41, 5.74) is 2.11. The van der Waals surface area contributed by atoms with Gasteiger partial charge < -0.3 is 24.6 Å². The summed E-state index contributed by atoms with van der Waals surface area (Å²) in [6, 6.07) is 56.2. The van der Waals surface area contributed by atoms with Crippen molar-refractivity contribution in [3.05, 3.63) is 226 Å². The quantitative estimate of drug-likeness (QED) is 0.105. The molecule has 8 rings (SSSR count). The van der Waals surface area contributed by atoms with E-state index >= 15 is 4.39 Å². The molecule has 7 aromatic rings. The lowest BCUT2D eigenvalue weighted by Gasteiger charge is -2.39. The van der Waals surface area contributed by atoms with Gasteiger partial charge in [0.15, 0.2) is 6.17 Å². The number of nitrogens with one attached hydrogen (secondary N) is 1. The summed E-state index contributed by atoms with van der Waals surface area (Å²) in [6.45, 7) is -0.380. The zero-order valence-corrected chi connectivity index (χ0v) is 33.4. The second-order valence-corrected chi connectivity index (χ2v) is 15.6. The molecule has 6 aromatic carbocycles. The van der Waals surface area contributed by atoms with Gasteiger partial charge in [-0.15, -0.1) is 11.8 Å². The lowest BCUT2D eigenvalue weighted by Crippen LogP contribution is -2.44. The molecule has 298 valence electrons. The summed E-state index contributed by atoms with van der Waals surface area (Å²) in [5.74, 6) is 1.67. The lowest BCUT2D eigenvalue weighted by molar-refractivity contribution is -0.0837. The molecule has 1 aromatic heterocycles. The second kappa shape index (κ2) is 17.3. The maximum Gasteiger partial charge on any atom is 0.350 e. The van der Waals surface area contributed by atoms with Crippen LogP contribution in [0.2, 0.25) is 0 Å². The van der Waals surface area contributed by atoms with Crippen LogP contribution in [0.4, 0.5) is 10.2 Å². The molecule has 0 spiro atoms. The summed E-state index contributed by atoms with van der Waals surface area (Å²) < 4.78 is 36.8. The molecule has 0 aliphatic carbocycles. The minimum absolute atomic E-state index is 0.298. The number of nitrogens with zero attached hydrogens (tertiary/aromatic N) is 2. The number of aliphatic hydroxyl groups excluding tert-OH is 1. The number of alkyl halides is 1. The smallest absolute Gasteiger partial charge is 0.350 e. The molecule has 0 bridgehead atoms. The first-order chi connectivity index (χ1) is 28.9. The number of aliphatic hydroxyl groups is 1. The van der Waals surface area contributed by atoms with Crippen LogP contribution in [-0.2, 0) is 15.9 Å². The lowest BCUT2D eigenvalue weighted by atomic mass is 9.77. The van der Waals surface area contributed by atoms with E-state index in [1.54, 1.807) is 26.5 Å². The predicted molar refractivity (Wildman–Crippen MR) is 231 cm³/mol. The Balaban J connectivity index is 1.18. The average Bonchev–Trinajstić information content (AvgIpc) is 3.62. The van der Waals surface area contributed by atoms with E-state index in [2.05, 4.69) is 10.3 Å². The standard InChI is InChI=1S/C49H44FN3O5S/c1-56-40-27-23-36(24-28-40)48(34-15-7-3-8-16-34,35-17-9-4-10-18-35)52-43-31-32-53(47(55)51-43)46-44(50)45(42(33-54)59-46)58-49(37-19-11-5-12-20-37,38-21-13-6-14-22-38)39-25-29-41(57-2)30-26-39/h3-32,42,44-46,54H,33H2,1-2H3,(H,51,52,55)/t42-,44+,45-,46-/m1/s1. The van der Waals surface area contributed by atoms with Gasteiger partial charge >= 0.3 is 5.69 Å². The molecular weight excluding hydrogens is 762 g/mol. The topological polar surface area (TPSA) is 94.8 Å². The van der Waals surface area contributed by atoms with Crippen molar-refractivity contribution in [2.45, 2.75) is 34.0 Å². The Morgan fingerprint density at radius 3 is 1.51 bits per heavy atom. The van der Waals surface area contributed by atoms with Crippen molar-refractivity contribution in [2.24, 2.45) is 0 Å². The highest BCUT2D eigenvalue weighted by Gasteiger charge is 2.52. The molecule has 0 saturated carbocycles. The minimum atomic E-state index is -1.72. The SMILES string of the molecule is COc1ccc(C(Nc2ccn([C@@H]3S[C@H](CO)[C@@H](OC(c4ccccc4)(c4ccccc4)c4ccc(OC)cc4)[C@@H]3F)c(=O)n2)(c2ccccc2)c2ccccc2)cc1. The van der Waals surface area contributed by atoms with Gasteiger partial charge in [-0.3, -0.25) is 4.57 Å². The maximum atomic E-state index is 17.4. The van der Waals surface area contributed by atoms with Gasteiger partial charge in [0, 0.05) is 6.20 Å². The summed E-state index contributed by atoms with van der Waals surface area (Å²) in [7, 11) is 3.23. The second-order valence-electron chi connectivity index (χ2n) is 14.3. The van der Waals surface area contributed by atoms with Crippen molar-refractivity contribution in [3.8, 4) is 11.5 Å². The summed E-state index contributed by atoms with van der Waals surface area (Å²) in [5, 5.41) is 12.7. The van der Waals surface area contributed by atoms with Crippen LogP contribution in [0.5, 0.6) is 11.5 Å². The molecule has 1 fully saturated rings. The van der Waals surface area contributed by atoms with Crippen molar-refractivity contribution < 1.29 is 23.7 Å². The Bertz CT molecular complexity index is 2410. The Morgan fingerprint density at radius 2 is 1.07 bits per heavy atom. The zero-order chi connectivity index (χ0) is 40.8. The molecule has 1 aliphatic heterocycles. The molecule has 2 heterocycles. The fourth-order valence-corrected chi connectivity index (χ4v) is 9.49. The Morgan fingerprint density at radius 1 is 0.644 bits per heavy atom. The number of hydrogen-bond acceptors (Lipinski definition) is 8. The van der Waals surface area contributed by atoms with Gasteiger partial charge in [0.2, 0.25) is 0 Å². The highest BCUT2D eigenvalue weighted by Crippen LogP contribution is 2.50. The average molecular weight is 806 g/mol. The molecule has 10 heteroatoms. The molecule has 8 nitrogen and oxygen atoms in total. The normalized spacial score (nSPS) is 18.0. The molecule has 0 amide bonds. The van der Waals surface area contributed by atoms with Crippen LogP contribution in [0.3, 0.4) is 0 Å². The largest absolute Gasteiger partial charge is 0.497 e. The van der Waals surface area contributed by atoms with E-state index in [0.717, 1.165) is 45.1 Å². The first kappa shape index (κ1) is 39.6. The van der Waals surface area contributed by atoms with E-state index in [1.165, 1.54) is 4.57 Å². The Kier molecular flexibility index (Phi) is 11.6. The number of aromatic nitrogens is 2. The number of rotatable bonds is 14. The van der Waals surface area contributed by atoms with Crippen LogP contribution >= 0.6 is 11.8 Å². The Labute approximate surface area is 347 Å². The number of hydrogen-bond donors (Lipinski definition) is 2. The zero-order valence-electron chi connectivity index (χ0n) is 32.6. The van der Waals surface area contributed by atoms with Crippen molar-refractivity contribution in [1.82, 2.24) is 9.55 Å². The number of halogens is 1. The third kappa shape index (κ3) is 7.51. The fraction of sp³-hybridized carbons (Fsp3) is 0.184. The molecular formula is C49H44FN3O5S. The molecule has 0 radical (unpaired) electrons. The van der Waals surface area contributed by atoms with Crippen LogP contribution in [0.15, 0.2) is 187 Å². The third-order valence-corrected chi connectivity index (χ3v) is 12.5. The van der Waals surface area contributed by atoms with Crippen LogP contribution in [-0.4, -0.2) is 53.0 Å². The van der Waals surface area contributed by atoms with E-state index in [4.69, 9.17) is 14.2 Å². The monoisotopic (exact) mass is 805 g/mol. The van der Waals surface area contributed by atoms with Crippen molar-refractivity contribution in [2.75, 3.05) is 26.1 Å². The van der Waals surface area contributed by atoms with Crippen LogP contribution in [0, 0.1) is 0 Å². The van der Waals surface area contributed by atoms with E-state index in [-0.39, 0.29) is 6.61 Å². The fourth-order valence-electron chi connectivity index (χ4n) is 8.09. The maximum absolute atomic E-state index is 17.4. The van der Waals surface area contributed by atoms with Crippen molar-refractivity contribution in [3.63, 3.8) is 0 Å². The molecule has 2 N–H and O–H groups in total. The summed E-state index contributed by atoms with van der Waals surface area (Å²) in [6.07, 6.45) is -1.29. The summed E-state index contributed by atoms with van der Waals surface area (Å²) in [4.78, 5) is 18.7. The minimum Gasteiger partial charge on any atom is -0.497 e. The van der Waals surface area contributed by atoms with Gasteiger partial charge in [-0.2, -0.15) is 4.98 Å². The first-order valence-electron chi connectivity index (χ1n) is 19.4. The number of thioether (sulfide) groups is 1. The Hall–Kier alpha value is -6.20. The van der Waals surface area contributed by atoms with Gasteiger partial charge in [0.05, 0.1) is 26.1 Å². The van der Waals surface area contributed by atoms with E-state index in [1.807, 2.05) is 170 Å². The van der Waals surface area contributed by atoms with E-state index < -0.39 is 39.7 Å². The van der Waals surface area contributed by atoms with Gasteiger partial charge in [0.1, 0.15) is 39.9 Å². The highest BCUT2D eigenvalue weighted by molar-refractivity contribution is 8.00. The van der Waals surface area contributed by atoms with Gasteiger partial charge in [-0.05, 0) is 63.7 Å². The molecule has 0 unspecified atom stereocenters. The van der Waals surface area contributed by atoms with Crippen molar-refractivity contribution >= 4 is 17.6 Å². The molecule has 1 aliphatic rings. The van der Waals surface area contributed by atoms with Crippen LogP contribution < -0.4 is 20.5 Å². The highest BCUT2D eigenvalue weighted by atomic mass is 32.2. The third-order valence-electron chi connectivity index (χ3n) is 11.0. The van der Waals surface area contributed by atoms with Crippen LogP contribution in [0.25, 0.3) is 0 Å².